The molecule has 172 valence electrons. The van der Waals surface area contributed by atoms with Gasteiger partial charge >= 0.3 is 12.1 Å². The molecule has 0 aromatic heterocycles. The van der Waals surface area contributed by atoms with E-state index in [1.807, 2.05) is 36.4 Å². The zero-order chi connectivity index (χ0) is 23.4. The van der Waals surface area contributed by atoms with Gasteiger partial charge in [0.25, 0.3) is 0 Å². The van der Waals surface area contributed by atoms with Crippen molar-refractivity contribution in [2.24, 2.45) is 5.92 Å². The number of allylic oxidation sites excluding steroid dienone is 1. The number of aliphatic hydroxyl groups is 1. The molecule has 0 bridgehead atoms. The Morgan fingerprint density at radius 2 is 1.67 bits per heavy atom. The number of amides is 2. The smallest absolute Gasteiger partial charge is 0.407 e. The van der Waals surface area contributed by atoms with Gasteiger partial charge in [-0.25, -0.2) is 9.59 Å². The first-order valence-corrected chi connectivity index (χ1v) is 10.9. The van der Waals surface area contributed by atoms with E-state index in [4.69, 9.17) is 14.9 Å². The molecule has 0 aliphatic heterocycles. The summed E-state index contributed by atoms with van der Waals surface area (Å²) in [7, 11) is 0. The van der Waals surface area contributed by atoms with E-state index in [2.05, 4.69) is 22.8 Å². The molecule has 0 saturated carbocycles. The Kier molecular flexibility index (Phi) is 6.74. The highest BCUT2D eigenvalue weighted by atomic mass is 16.5. The molecule has 2 aromatic rings. The van der Waals surface area contributed by atoms with Crippen molar-refractivity contribution in [3.05, 3.63) is 71.8 Å². The molecule has 0 spiro atoms. The van der Waals surface area contributed by atoms with Crippen molar-refractivity contribution in [3.63, 3.8) is 0 Å². The second kappa shape index (κ2) is 9.87. The van der Waals surface area contributed by atoms with Crippen LogP contribution in [0.1, 0.15) is 29.9 Å². The molecule has 0 heterocycles. The van der Waals surface area contributed by atoms with Gasteiger partial charge in [-0.15, -0.1) is 0 Å². The van der Waals surface area contributed by atoms with Gasteiger partial charge in [0, 0.05) is 11.8 Å². The van der Waals surface area contributed by atoms with Crippen LogP contribution in [0.25, 0.3) is 11.1 Å². The summed E-state index contributed by atoms with van der Waals surface area (Å²) in [6.07, 6.45) is 3.73. The van der Waals surface area contributed by atoms with E-state index in [-0.39, 0.29) is 12.5 Å². The molecule has 8 nitrogen and oxygen atoms in total. The number of carboxylic acids is 1. The number of carbonyl (C=O) groups is 3. The van der Waals surface area contributed by atoms with Crippen LogP contribution in [-0.2, 0) is 14.3 Å². The van der Waals surface area contributed by atoms with E-state index in [0.29, 0.717) is 12.8 Å². The third-order valence-electron chi connectivity index (χ3n) is 6.14. The Morgan fingerprint density at radius 1 is 1.03 bits per heavy atom. The van der Waals surface area contributed by atoms with Gasteiger partial charge in [0.1, 0.15) is 12.6 Å². The number of carbonyl (C=O) groups excluding carboxylic acids is 2. The molecule has 2 unspecified atom stereocenters. The quantitative estimate of drug-likeness (QED) is 0.480. The van der Waals surface area contributed by atoms with Crippen molar-refractivity contribution in [1.29, 1.82) is 0 Å². The molecule has 4 rings (SSSR count). The van der Waals surface area contributed by atoms with Gasteiger partial charge in [0.05, 0.1) is 12.6 Å². The summed E-state index contributed by atoms with van der Waals surface area (Å²) in [4.78, 5) is 35.9. The van der Waals surface area contributed by atoms with Crippen LogP contribution >= 0.6 is 0 Å². The minimum atomic E-state index is -1.35. The largest absolute Gasteiger partial charge is 0.480 e. The molecule has 0 radical (unpaired) electrons. The van der Waals surface area contributed by atoms with Gasteiger partial charge in [-0.05, 0) is 35.1 Å². The third-order valence-corrected chi connectivity index (χ3v) is 6.14. The molecule has 33 heavy (non-hydrogen) atoms. The lowest BCUT2D eigenvalue weighted by molar-refractivity contribution is -0.143. The van der Waals surface area contributed by atoms with Crippen LogP contribution in [0.3, 0.4) is 0 Å². The lowest BCUT2D eigenvalue weighted by Crippen LogP contribution is -2.47. The molecular weight excluding hydrogens is 424 g/mol. The predicted molar refractivity (Wildman–Crippen MR) is 121 cm³/mol. The van der Waals surface area contributed by atoms with E-state index < -0.39 is 42.6 Å². The van der Waals surface area contributed by atoms with Crippen LogP contribution in [0.2, 0.25) is 0 Å². The van der Waals surface area contributed by atoms with Crippen LogP contribution in [0.4, 0.5) is 4.79 Å². The number of alkyl carbamates (subject to hydrolysis) is 1. The second-order valence-corrected chi connectivity index (χ2v) is 8.25. The highest BCUT2D eigenvalue weighted by Gasteiger charge is 2.31. The molecule has 2 aliphatic carbocycles. The van der Waals surface area contributed by atoms with Gasteiger partial charge in [-0.2, -0.15) is 0 Å². The fourth-order valence-corrected chi connectivity index (χ4v) is 4.48. The van der Waals surface area contributed by atoms with E-state index in [1.54, 1.807) is 12.2 Å². The van der Waals surface area contributed by atoms with Crippen molar-refractivity contribution < 1.29 is 29.3 Å². The standard InChI is InChI=1S/C25H26N2O6/c28-13-22(24(30)31)27-23(29)15-6-5-7-16(12-15)26-25(32)33-14-21-19-10-3-1-8-17(19)18-9-2-4-11-20(18)21/h1-5,7-11,15-16,21-22,28H,6,12-14H2,(H,26,32)(H,27,29)(H,30,31)/t15?,16?,22-/m1/s1. The zero-order valence-electron chi connectivity index (χ0n) is 17.9. The van der Waals surface area contributed by atoms with Crippen molar-refractivity contribution in [1.82, 2.24) is 10.6 Å². The van der Waals surface area contributed by atoms with Gasteiger partial charge in [-0.3, -0.25) is 4.79 Å². The van der Waals surface area contributed by atoms with Crippen LogP contribution < -0.4 is 10.6 Å². The highest BCUT2D eigenvalue weighted by Crippen LogP contribution is 2.44. The highest BCUT2D eigenvalue weighted by molar-refractivity contribution is 5.85. The summed E-state index contributed by atoms with van der Waals surface area (Å²) in [6.45, 7) is -0.498. The third kappa shape index (κ3) is 4.90. The van der Waals surface area contributed by atoms with Gasteiger partial charge < -0.3 is 25.6 Å². The number of carboxylic acid groups (broad SMARTS) is 1. The summed E-state index contributed by atoms with van der Waals surface area (Å²) in [5.41, 5.74) is 4.54. The maximum absolute atomic E-state index is 12.5. The Morgan fingerprint density at radius 3 is 2.27 bits per heavy atom. The lowest BCUT2D eigenvalue weighted by atomic mass is 9.90. The summed E-state index contributed by atoms with van der Waals surface area (Å²) in [5.74, 6) is -2.33. The zero-order valence-corrected chi connectivity index (χ0v) is 17.9. The number of nitrogens with one attached hydrogen (secondary N) is 2. The first-order valence-electron chi connectivity index (χ1n) is 10.9. The molecule has 4 N–H and O–H groups in total. The number of aliphatic carboxylic acids is 1. The van der Waals surface area contributed by atoms with Gasteiger partial charge in [0.15, 0.2) is 0 Å². The summed E-state index contributed by atoms with van der Waals surface area (Å²) in [5, 5.41) is 23.2. The maximum atomic E-state index is 12.5. The Balaban J connectivity index is 1.33. The number of fused-ring (bicyclic) bond motifs is 3. The predicted octanol–water partition coefficient (Wildman–Crippen LogP) is 2.42. The molecule has 2 aromatic carbocycles. The minimum Gasteiger partial charge on any atom is -0.480 e. The van der Waals surface area contributed by atoms with E-state index in [1.165, 1.54) is 0 Å². The number of ether oxygens (including phenoxy) is 1. The van der Waals surface area contributed by atoms with Crippen LogP contribution in [0, 0.1) is 5.92 Å². The summed E-state index contributed by atoms with van der Waals surface area (Å²) in [6, 6.07) is 14.4. The van der Waals surface area contributed by atoms with Crippen molar-refractivity contribution >= 4 is 18.0 Å². The Hall–Kier alpha value is -3.65. The van der Waals surface area contributed by atoms with Gasteiger partial charge in [0.2, 0.25) is 5.91 Å². The van der Waals surface area contributed by atoms with E-state index in [9.17, 15) is 14.4 Å². The Labute approximate surface area is 191 Å². The van der Waals surface area contributed by atoms with E-state index in [0.717, 1.165) is 22.3 Å². The molecule has 2 aliphatic rings. The minimum absolute atomic E-state index is 0.0463. The molecule has 0 saturated heterocycles. The SMILES string of the molecule is O=C(NC1C=CCC(C(=O)N[C@H](CO)C(=O)O)C1)OCC1c2ccccc2-c2ccccc21. The van der Waals surface area contributed by atoms with Gasteiger partial charge in [-0.1, -0.05) is 60.7 Å². The topological polar surface area (TPSA) is 125 Å². The maximum Gasteiger partial charge on any atom is 0.407 e. The molecule has 3 atom stereocenters. The molecule has 8 heteroatoms. The molecule has 0 fully saturated rings. The number of rotatable bonds is 7. The van der Waals surface area contributed by atoms with Crippen LogP contribution in [0.15, 0.2) is 60.7 Å². The first kappa shape index (κ1) is 22.5. The lowest BCUT2D eigenvalue weighted by Gasteiger charge is -2.26. The van der Waals surface area contributed by atoms with Crippen LogP contribution in [0.5, 0.6) is 0 Å². The average Bonchev–Trinajstić information content (AvgIpc) is 3.14. The summed E-state index contributed by atoms with van der Waals surface area (Å²) >= 11 is 0. The molecule has 2 amide bonds. The number of hydrogen-bond donors (Lipinski definition) is 4. The normalized spacial score (nSPS) is 19.8. The number of aliphatic hydroxyl groups excluding tert-OH is 1. The summed E-state index contributed by atoms with van der Waals surface area (Å²) < 4.78 is 5.56. The fourth-order valence-electron chi connectivity index (χ4n) is 4.48. The average molecular weight is 450 g/mol. The number of benzene rings is 2. The van der Waals surface area contributed by atoms with Crippen molar-refractivity contribution in [2.75, 3.05) is 13.2 Å². The monoisotopic (exact) mass is 450 g/mol. The fraction of sp³-hybridized carbons (Fsp3) is 0.320. The van der Waals surface area contributed by atoms with E-state index >= 15 is 0 Å². The first-order chi connectivity index (χ1) is 16.0. The van der Waals surface area contributed by atoms with Crippen molar-refractivity contribution in [2.45, 2.75) is 30.8 Å². The Bertz CT molecular complexity index is 1040. The number of hydrogen-bond acceptors (Lipinski definition) is 5. The van der Waals surface area contributed by atoms with Crippen molar-refractivity contribution in [3.8, 4) is 11.1 Å². The second-order valence-electron chi connectivity index (χ2n) is 8.25. The molecular formula is C25H26N2O6. The van der Waals surface area contributed by atoms with Crippen LogP contribution in [-0.4, -0.2) is 53.5 Å².